The second kappa shape index (κ2) is 6.69. The number of benzene rings is 2. The molecule has 2 aromatic carbocycles. The largest absolute Gasteiger partial charge is 0.287 e. The molecule has 0 radical (unpaired) electrons. The first-order valence-corrected chi connectivity index (χ1v) is 7.53. The van der Waals surface area contributed by atoms with Crippen LogP contribution < -0.4 is 0 Å². The van der Waals surface area contributed by atoms with Gasteiger partial charge in [0.25, 0.3) is 0 Å². The summed E-state index contributed by atoms with van der Waals surface area (Å²) in [7, 11) is 0. The van der Waals surface area contributed by atoms with E-state index in [9.17, 15) is 9.18 Å². The number of rotatable bonds is 4. The summed E-state index contributed by atoms with van der Waals surface area (Å²) in [5.41, 5.74) is 1.95. The van der Waals surface area contributed by atoms with Gasteiger partial charge in [0.05, 0.1) is 0 Å². The molecule has 0 bridgehead atoms. The lowest BCUT2D eigenvalue weighted by atomic mass is 10.0. The van der Waals surface area contributed by atoms with Crippen molar-refractivity contribution in [2.24, 2.45) is 0 Å². The van der Waals surface area contributed by atoms with Crippen LogP contribution in [0.4, 0.5) is 4.39 Å². The molecule has 24 heavy (non-hydrogen) atoms. The maximum absolute atomic E-state index is 13.2. The Morgan fingerprint density at radius 1 is 1.25 bits per heavy atom. The molecule has 0 amide bonds. The molecule has 5 heteroatoms. The maximum atomic E-state index is 13.2. The van der Waals surface area contributed by atoms with Crippen LogP contribution in [0.5, 0.6) is 0 Å². The van der Waals surface area contributed by atoms with Gasteiger partial charge in [-0.3, -0.25) is 9.48 Å². The van der Waals surface area contributed by atoms with Gasteiger partial charge in [-0.25, -0.2) is 4.39 Å². The minimum Gasteiger partial charge on any atom is -0.287 e. The number of nitrogens with zero attached hydrogens (tertiary/aromatic N) is 2. The molecule has 3 nitrogen and oxygen atoms in total. The molecule has 0 unspecified atom stereocenters. The Balaban J connectivity index is 2.10. The third kappa shape index (κ3) is 3.22. The van der Waals surface area contributed by atoms with Gasteiger partial charge >= 0.3 is 0 Å². The van der Waals surface area contributed by atoms with E-state index in [1.807, 2.05) is 0 Å². The van der Waals surface area contributed by atoms with E-state index in [4.69, 9.17) is 18.0 Å². The van der Waals surface area contributed by atoms with Crippen molar-refractivity contribution < 1.29 is 9.18 Å². The summed E-state index contributed by atoms with van der Waals surface area (Å²) in [6, 6.07) is 12.5. The van der Waals surface area contributed by atoms with E-state index >= 15 is 0 Å². The molecule has 0 fully saturated rings. The second-order valence-corrected chi connectivity index (χ2v) is 5.58. The topological polar surface area (TPSA) is 34.9 Å². The molecular formula is C19H12ClFN2O. The first kappa shape index (κ1) is 16.0. The predicted molar refractivity (Wildman–Crippen MR) is 91.3 cm³/mol. The van der Waals surface area contributed by atoms with Gasteiger partial charge < -0.3 is 0 Å². The smallest absolute Gasteiger partial charge is 0.213 e. The van der Waals surface area contributed by atoms with Gasteiger partial charge in [0, 0.05) is 22.3 Å². The van der Waals surface area contributed by atoms with Crippen molar-refractivity contribution in [3.63, 3.8) is 0 Å². The summed E-state index contributed by atoms with van der Waals surface area (Å²) in [6.07, 6.45) is 7.01. The normalized spacial score (nSPS) is 10.4. The van der Waals surface area contributed by atoms with Gasteiger partial charge in [-0.2, -0.15) is 5.10 Å². The zero-order chi connectivity index (χ0) is 17.1. The molecular weight excluding hydrogens is 327 g/mol. The molecule has 0 aliphatic heterocycles. The van der Waals surface area contributed by atoms with Gasteiger partial charge in [0.2, 0.25) is 5.78 Å². The zero-order valence-corrected chi connectivity index (χ0v) is 13.3. The molecule has 0 spiro atoms. The van der Waals surface area contributed by atoms with Crippen molar-refractivity contribution in [3.8, 4) is 23.5 Å². The van der Waals surface area contributed by atoms with Crippen LogP contribution in [0.2, 0.25) is 5.02 Å². The summed E-state index contributed by atoms with van der Waals surface area (Å²) in [6.45, 7) is 0.233. The number of aromatic nitrogens is 2. The van der Waals surface area contributed by atoms with Crippen LogP contribution in [0, 0.1) is 18.2 Å². The van der Waals surface area contributed by atoms with Crippen LogP contribution in [-0.4, -0.2) is 15.6 Å². The third-order valence-electron chi connectivity index (χ3n) is 3.47. The first-order chi connectivity index (χ1) is 11.6. The number of hydrogen-bond donors (Lipinski definition) is 0. The fraction of sp³-hybridized carbons (Fsp3) is 0.0526. The van der Waals surface area contributed by atoms with Gasteiger partial charge in [-0.1, -0.05) is 41.8 Å². The lowest BCUT2D eigenvalue weighted by Crippen LogP contribution is -2.05. The van der Waals surface area contributed by atoms with Gasteiger partial charge in [-0.15, -0.1) is 6.42 Å². The Labute approximate surface area is 143 Å². The molecule has 0 N–H and O–H groups in total. The van der Waals surface area contributed by atoms with Crippen LogP contribution in [0.25, 0.3) is 11.1 Å². The Bertz CT molecular complexity index is 939. The zero-order valence-electron chi connectivity index (χ0n) is 12.5. The van der Waals surface area contributed by atoms with Crippen LogP contribution >= 0.6 is 11.6 Å². The summed E-state index contributed by atoms with van der Waals surface area (Å²) in [5.74, 6) is 1.86. The Kier molecular flexibility index (Phi) is 4.45. The van der Waals surface area contributed by atoms with E-state index in [1.165, 1.54) is 16.8 Å². The molecule has 3 aromatic rings. The quantitative estimate of drug-likeness (QED) is 0.527. The first-order valence-electron chi connectivity index (χ1n) is 7.15. The van der Waals surface area contributed by atoms with E-state index in [1.54, 1.807) is 42.6 Å². The molecule has 0 saturated carbocycles. The van der Waals surface area contributed by atoms with Crippen LogP contribution in [0.15, 0.2) is 54.7 Å². The molecule has 0 atom stereocenters. The summed E-state index contributed by atoms with van der Waals surface area (Å²) in [4.78, 5) is 12.8. The van der Waals surface area contributed by atoms with Crippen molar-refractivity contribution in [3.05, 3.63) is 76.8 Å². The highest BCUT2D eigenvalue weighted by Gasteiger charge is 2.20. The van der Waals surface area contributed by atoms with Gasteiger partial charge in [-0.05, 0) is 29.8 Å². The SMILES string of the molecule is C#CCn1cc(-c2ccc(F)cc2)c(C(=O)c2cccc(Cl)c2)n1. The fourth-order valence-corrected chi connectivity index (χ4v) is 2.56. The van der Waals surface area contributed by atoms with Gasteiger partial charge in [0.15, 0.2) is 0 Å². The van der Waals surface area contributed by atoms with Crippen LogP contribution in [0.1, 0.15) is 16.1 Å². The van der Waals surface area contributed by atoms with Crippen molar-refractivity contribution in [1.29, 1.82) is 0 Å². The molecule has 1 aromatic heterocycles. The average Bonchev–Trinajstić information content (AvgIpc) is 2.99. The Hall–Kier alpha value is -2.90. The van der Waals surface area contributed by atoms with E-state index in [0.29, 0.717) is 21.7 Å². The van der Waals surface area contributed by atoms with E-state index in [0.717, 1.165) is 0 Å². The second-order valence-electron chi connectivity index (χ2n) is 5.14. The van der Waals surface area contributed by atoms with Gasteiger partial charge in [0.1, 0.15) is 18.1 Å². The van der Waals surface area contributed by atoms with E-state index in [2.05, 4.69) is 11.0 Å². The Morgan fingerprint density at radius 3 is 2.67 bits per heavy atom. The van der Waals surface area contributed by atoms with E-state index in [-0.39, 0.29) is 23.8 Å². The minimum atomic E-state index is -0.350. The molecule has 0 saturated heterocycles. The predicted octanol–water partition coefficient (Wildman–Crippen LogP) is 4.21. The summed E-state index contributed by atoms with van der Waals surface area (Å²) in [5, 5.41) is 4.76. The van der Waals surface area contributed by atoms with Crippen molar-refractivity contribution >= 4 is 17.4 Å². The highest BCUT2D eigenvalue weighted by atomic mass is 35.5. The molecule has 0 aliphatic carbocycles. The number of terminal acetylenes is 1. The number of ketones is 1. The number of hydrogen-bond acceptors (Lipinski definition) is 2. The van der Waals surface area contributed by atoms with E-state index < -0.39 is 0 Å². The summed E-state index contributed by atoms with van der Waals surface area (Å²) < 4.78 is 14.7. The van der Waals surface area contributed by atoms with Crippen molar-refractivity contribution in [1.82, 2.24) is 9.78 Å². The monoisotopic (exact) mass is 338 g/mol. The minimum absolute atomic E-state index is 0.233. The summed E-state index contributed by atoms with van der Waals surface area (Å²) >= 11 is 5.96. The Morgan fingerprint density at radius 2 is 2.00 bits per heavy atom. The molecule has 1 heterocycles. The van der Waals surface area contributed by atoms with Crippen LogP contribution in [0.3, 0.4) is 0 Å². The number of halogens is 2. The molecule has 3 rings (SSSR count). The number of carbonyl (C=O) groups excluding carboxylic acids is 1. The van der Waals surface area contributed by atoms with Crippen LogP contribution in [-0.2, 0) is 6.54 Å². The van der Waals surface area contributed by atoms with Crippen molar-refractivity contribution in [2.75, 3.05) is 0 Å². The highest BCUT2D eigenvalue weighted by molar-refractivity contribution is 6.31. The van der Waals surface area contributed by atoms with Crippen molar-refractivity contribution in [2.45, 2.75) is 6.54 Å². The fourth-order valence-electron chi connectivity index (χ4n) is 2.37. The lowest BCUT2D eigenvalue weighted by molar-refractivity contribution is 0.103. The average molecular weight is 339 g/mol. The number of carbonyl (C=O) groups is 1. The molecule has 118 valence electrons. The standard InChI is InChI=1S/C19H12ClFN2O/c1-2-10-23-12-17(13-6-8-16(21)9-7-13)18(22-23)19(24)14-4-3-5-15(20)11-14/h1,3-9,11-12H,10H2. The lowest BCUT2D eigenvalue weighted by Gasteiger charge is -2.03. The third-order valence-corrected chi connectivity index (χ3v) is 3.71. The molecule has 0 aliphatic rings. The maximum Gasteiger partial charge on any atom is 0.213 e. The highest BCUT2D eigenvalue weighted by Crippen LogP contribution is 2.26.